The summed E-state index contributed by atoms with van der Waals surface area (Å²) >= 11 is 0. The van der Waals surface area contributed by atoms with Gasteiger partial charge in [-0.3, -0.25) is 14.4 Å². The minimum Gasteiger partial charge on any atom is -0.481 e. The molecule has 0 radical (unpaired) electrons. The van der Waals surface area contributed by atoms with Gasteiger partial charge in [0.1, 0.15) is 0 Å². The molecule has 26 heavy (non-hydrogen) atoms. The Balaban J connectivity index is 1.66. The molecule has 0 spiro atoms. The largest absolute Gasteiger partial charge is 0.481 e. The first-order valence-corrected chi connectivity index (χ1v) is 8.86. The Labute approximate surface area is 152 Å². The second-order valence-electron chi connectivity index (χ2n) is 7.18. The van der Waals surface area contributed by atoms with Crippen molar-refractivity contribution in [3.05, 3.63) is 35.9 Å². The quantitative estimate of drug-likeness (QED) is 0.798. The number of carboxylic acid groups (broad SMARTS) is 1. The van der Waals surface area contributed by atoms with Crippen molar-refractivity contribution >= 4 is 17.8 Å². The van der Waals surface area contributed by atoms with Crippen molar-refractivity contribution in [2.24, 2.45) is 5.92 Å². The Morgan fingerprint density at radius 2 is 2.12 bits per heavy atom. The van der Waals surface area contributed by atoms with Crippen molar-refractivity contribution in [3.63, 3.8) is 0 Å². The number of ether oxygens (including phenoxy) is 1. The summed E-state index contributed by atoms with van der Waals surface area (Å²) in [4.78, 5) is 38.0. The van der Waals surface area contributed by atoms with E-state index in [2.05, 4.69) is 5.32 Å². The van der Waals surface area contributed by atoms with Crippen LogP contribution in [-0.4, -0.2) is 53.1 Å². The second kappa shape index (κ2) is 7.45. The predicted octanol–water partition coefficient (Wildman–Crippen LogP) is 1.35. The fourth-order valence-corrected chi connectivity index (χ4v) is 3.74. The van der Waals surface area contributed by atoms with Crippen LogP contribution in [0.2, 0.25) is 0 Å². The van der Waals surface area contributed by atoms with E-state index < -0.39 is 17.4 Å². The number of rotatable bonds is 6. The molecule has 2 N–H and O–H groups in total. The molecule has 0 aliphatic carbocycles. The van der Waals surface area contributed by atoms with E-state index in [-0.39, 0.29) is 37.3 Å². The van der Waals surface area contributed by atoms with E-state index in [1.807, 2.05) is 37.3 Å². The highest BCUT2D eigenvalue weighted by Gasteiger charge is 2.43. The van der Waals surface area contributed by atoms with E-state index in [0.717, 1.165) is 5.56 Å². The van der Waals surface area contributed by atoms with Gasteiger partial charge in [0.2, 0.25) is 11.8 Å². The lowest BCUT2D eigenvalue weighted by Gasteiger charge is -2.29. The molecular weight excluding hydrogens is 336 g/mol. The lowest BCUT2D eigenvalue weighted by atomic mass is 9.93. The first-order valence-electron chi connectivity index (χ1n) is 8.86. The molecule has 2 amide bonds. The number of aliphatic carboxylic acids is 1. The van der Waals surface area contributed by atoms with Crippen molar-refractivity contribution < 1.29 is 24.2 Å². The van der Waals surface area contributed by atoms with Crippen LogP contribution in [0.5, 0.6) is 0 Å². The summed E-state index contributed by atoms with van der Waals surface area (Å²) in [6.45, 7) is 2.90. The lowest BCUT2D eigenvalue weighted by Crippen LogP contribution is -2.52. The normalized spacial score (nSPS) is 26.7. The van der Waals surface area contributed by atoms with Crippen molar-refractivity contribution in [3.8, 4) is 0 Å². The molecule has 0 bridgehead atoms. The van der Waals surface area contributed by atoms with Crippen LogP contribution in [-0.2, 0) is 19.1 Å². The Morgan fingerprint density at radius 3 is 2.73 bits per heavy atom. The van der Waals surface area contributed by atoms with Crippen molar-refractivity contribution in [1.82, 2.24) is 10.2 Å². The van der Waals surface area contributed by atoms with E-state index in [9.17, 15) is 14.4 Å². The number of hydrogen-bond acceptors (Lipinski definition) is 4. The van der Waals surface area contributed by atoms with Gasteiger partial charge in [0, 0.05) is 19.6 Å². The summed E-state index contributed by atoms with van der Waals surface area (Å²) in [6, 6.07) is 9.58. The fourth-order valence-electron chi connectivity index (χ4n) is 3.74. The Bertz CT molecular complexity index is 684. The standard InChI is InChI=1S/C19H24N2O5/c1-13(14-5-3-2-4-6-14)21-11-15(9-16(21)22)18(25)20-19(10-17(23)24)7-8-26-12-19/h2-6,13,15H,7-12H2,1H3,(H,20,25)(H,23,24). The molecule has 2 aliphatic heterocycles. The number of carboxylic acids is 1. The zero-order valence-corrected chi connectivity index (χ0v) is 14.8. The van der Waals surface area contributed by atoms with Crippen molar-refractivity contribution in [1.29, 1.82) is 0 Å². The first kappa shape index (κ1) is 18.4. The highest BCUT2D eigenvalue weighted by molar-refractivity contribution is 5.90. The average molecular weight is 360 g/mol. The van der Waals surface area contributed by atoms with Gasteiger partial charge < -0.3 is 20.1 Å². The third kappa shape index (κ3) is 3.88. The lowest BCUT2D eigenvalue weighted by molar-refractivity contribution is -0.139. The molecule has 2 heterocycles. The SMILES string of the molecule is CC(c1ccccc1)N1CC(C(=O)NC2(CC(=O)O)CCOC2)CC1=O. The molecule has 7 heteroatoms. The van der Waals surface area contributed by atoms with Gasteiger partial charge in [-0.05, 0) is 18.9 Å². The molecular formula is C19H24N2O5. The Hall–Kier alpha value is -2.41. The van der Waals surface area contributed by atoms with Crippen LogP contribution in [0.1, 0.15) is 37.8 Å². The number of hydrogen-bond donors (Lipinski definition) is 2. The van der Waals surface area contributed by atoms with E-state index in [1.165, 1.54) is 0 Å². The molecule has 1 aromatic rings. The molecule has 3 atom stereocenters. The summed E-state index contributed by atoms with van der Waals surface area (Å²) in [5, 5.41) is 12.0. The summed E-state index contributed by atoms with van der Waals surface area (Å²) < 4.78 is 5.31. The average Bonchev–Trinajstić information content (AvgIpc) is 3.21. The highest BCUT2D eigenvalue weighted by Crippen LogP contribution is 2.30. The van der Waals surface area contributed by atoms with Crippen LogP contribution < -0.4 is 5.32 Å². The van der Waals surface area contributed by atoms with E-state index in [0.29, 0.717) is 19.6 Å². The number of carbonyl (C=O) groups is 3. The van der Waals surface area contributed by atoms with Gasteiger partial charge in [0.25, 0.3) is 0 Å². The summed E-state index contributed by atoms with van der Waals surface area (Å²) in [7, 11) is 0. The maximum atomic E-state index is 12.7. The van der Waals surface area contributed by atoms with Crippen molar-refractivity contribution in [2.75, 3.05) is 19.8 Å². The number of amides is 2. The highest BCUT2D eigenvalue weighted by atomic mass is 16.5. The predicted molar refractivity (Wildman–Crippen MR) is 93.2 cm³/mol. The molecule has 2 aliphatic rings. The monoisotopic (exact) mass is 360 g/mol. The van der Waals surface area contributed by atoms with E-state index in [4.69, 9.17) is 9.84 Å². The van der Waals surface area contributed by atoms with Crippen LogP contribution in [0.25, 0.3) is 0 Å². The minimum atomic E-state index is -0.974. The maximum Gasteiger partial charge on any atom is 0.305 e. The number of benzene rings is 1. The minimum absolute atomic E-state index is 0.0588. The molecule has 0 saturated carbocycles. The van der Waals surface area contributed by atoms with Gasteiger partial charge in [0.05, 0.1) is 30.5 Å². The van der Waals surface area contributed by atoms with Gasteiger partial charge in [-0.25, -0.2) is 0 Å². The van der Waals surface area contributed by atoms with Crippen LogP contribution in [0.4, 0.5) is 0 Å². The van der Waals surface area contributed by atoms with Gasteiger partial charge in [0.15, 0.2) is 0 Å². The van der Waals surface area contributed by atoms with Crippen LogP contribution in [0.3, 0.4) is 0 Å². The Morgan fingerprint density at radius 1 is 1.38 bits per heavy atom. The van der Waals surface area contributed by atoms with Gasteiger partial charge in [-0.1, -0.05) is 30.3 Å². The summed E-state index contributed by atoms with van der Waals surface area (Å²) in [5.74, 6) is -1.78. The molecule has 0 aromatic heterocycles. The molecule has 3 unspecified atom stereocenters. The first-order chi connectivity index (χ1) is 12.4. The number of likely N-dealkylation sites (tertiary alicyclic amines) is 1. The Kier molecular flexibility index (Phi) is 5.27. The maximum absolute atomic E-state index is 12.7. The van der Waals surface area contributed by atoms with E-state index in [1.54, 1.807) is 4.90 Å². The molecule has 1 aromatic carbocycles. The third-order valence-electron chi connectivity index (χ3n) is 5.26. The van der Waals surface area contributed by atoms with Crippen LogP contribution in [0, 0.1) is 5.92 Å². The zero-order valence-electron chi connectivity index (χ0n) is 14.8. The summed E-state index contributed by atoms with van der Waals surface area (Å²) in [6.07, 6.45) is 0.437. The molecule has 140 valence electrons. The van der Waals surface area contributed by atoms with Gasteiger partial charge in [-0.15, -0.1) is 0 Å². The molecule has 7 nitrogen and oxygen atoms in total. The molecule has 2 saturated heterocycles. The molecule has 2 fully saturated rings. The smallest absolute Gasteiger partial charge is 0.305 e. The van der Waals surface area contributed by atoms with Crippen molar-refractivity contribution in [2.45, 2.75) is 37.8 Å². The second-order valence-corrected chi connectivity index (χ2v) is 7.18. The van der Waals surface area contributed by atoms with Gasteiger partial charge >= 0.3 is 5.97 Å². The number of carbonyl (C=O) groups excluding carboxylic acids is 2. The van der Waals surface area contributed by atoms with E-state index >= 15 is 0 Å². The summed E-state index contributed by atoms with van der Waals surface area (Å²) in [5.41, 5.74) is 0.151. The van der Waals surface area contributed by atoms with Crippen LogP contribution in [0.15, 0.2) is 30.3 Å². The number of nitrogens with one attached hydrogen (secondary N) is 1. The zero-order chi connectivity index (χ0) is 18.7. The topological polar surface area (TPSA) is 95.9 Å². The number of nitrogens with zero attached hydrogens (tertiary/aromatic N) is 1. The third-order valence-corrected chi connectivity index (χ3v) is 5.26. The molecule has 3 rings (SSSR count). The van der Waals surface area contributed by atoms with Gasteiger partial charge in [-0.2, -0.15) is 0 Å². The van der Waals surface area contributed by atoms with Crippen LogP contribution >= 0.6 is 0 Å². The fraction of sp³-hybridized carbons (Fsp3) is 0.526.